The van der Waals surface area contributed by atoms with E-state index in [1.54, 1.807) is 7.11 Å². The van der Waals surface area contributed by atoms with Gasteiger partial charge in [0, 0.05) is 19.0 Å². The molecule has 0 amide bonds. The molecule has 0 aromatic heterocycles. The molecule has 2 heterocycles. The number of ether oxygens (including phenoxy) is 2. The molecular weight excluding hydrogens is 366 g/mol. The lowest BCUT2D eigenvalue weighted by atomic mass is 9.98. The molecule has 0 unspecified atom stereocenters. The summed E-state index contributed by atoms with van der Waals surface area (Å²) in [7, 11) is 1.65. The normalized spacial score (nSPS) is 20.6. The number of hydrogen-bond donors (Lipinski definition) is 1. The van der Waals surface area contributed by atoms with E-state index in [9.17, 15) is 5.11 Å². The summed E-state index contributed by atoms with van der Waals surface area (Å²) >= 11 is 0. The summed E-state index contributed by atoms with van der Waals surface area (Å²) in [6, 6.07) is 8.40. The van der Waals surface area contributed by atoms with Gasteiger partial charge in [-0.25, -0.2) is 0 Å². The molecule has 1 N–H and O–H groups in total. The number of benzene rings is 1. The lowest BCUT2D eigenvalue weighted by molar-refractivity contribution is 0.0683. The first-order valence-corrected chi connectivity index (χ1v) is 11.0. The lowest BCUT2D eigenvalue weighted by Gasteiger charge is -2.29. The Balaban J connectivity index is 1.48. The summed E-state index contributed by atoms with van der Waals surface area (Å²) in [6.07, 6.45) is 6.42. The van der Waals surface area contributed by atoms with E-state index in [-0.39, 0.29) is 12.5 Å². The van der Waals surface area contributed by atoms with Crippen LogP contribution in [-0.2, 0) is 6.54 Å². The van der Waals surface area contributed by atoms with Crippen molar-refractivity contribution in [2.24, 2.45) is 5.92 Å². The Kier molecular flexibility index (Phi) is 8.60. The van der Waals surface area contributed by atoms with Crippen LogP contribution in [-0.4, -0.2) is 67.5 Å². The first-order chi connectivity index (χ1) is 14.2. The Morgan fingerprint density at radius 1 is 1.07 bits per heavy atom. The lowest BCUT2D eigenvalue weighted by Crippen LogP contribution is -2.36. The largest absolute Gasteiger partial charge is 0.493 e. The van der Waals surface area contributed by atoms with Crippen molar-refractivity contribution in [2.75, 3.05) is 46.4 Å². The van der Waals surface area contributed by atoms with E-state index in [0.29, 0.717) is 18.0 Å². The number of β-amino-alcohol motifs (C(OH)–C–C–N with tert-alkyl or cyclic N) is 1. The molecule has 29 heavy (non-hydrogen) atoms. The van der Waals surface area contributed by atoms with Gasteiger partial charge in [-0.2, -0.15) is 5.26 Å². The van der Waals surface area contributed by atoms with Crippen LogP contribution in [0.2, 0.25) is 0 Å². The number of rotatable bonds is 8. The minimum atomic E-state index is -0.501. The van der Waals surface area contributed by atoms with Crippen molar-refractivity contribution >= 4 is 0 Å². The number of likely N-dealkylation sites (tertiary alicyclic amines) is 2. The number of aliphatic hydroxyl groups excluding tert-OH is 1. The summed E-state index contributed by atoms with van der Waals surface area (Å²) in [5.41, 5.74) is 1.18. The molecule has 2 aliphatic rings. The third-order valence-electron chi connectivity index (χ3n) is 6.00. The predicted molar refractivity (Wildman–Crippen MR) is 113 cm³/mol. The molecule has 3 rings (SSSR count). The average Bonchev–Trinajstić information content (AvgIpc) is 3.02. The van der Waals surface area contributed by atoms with Crippen molar-refractivity contribution in [3.05, 3.63) is 23.8 Å². The van der Waals surface area contributed by atoms with Crippen LogP contribution in [0, 0.1) is 17.2 Å². The molecule has 0 aliphatic carbocycles. The minimum Gasteiger partial charge on any atom is -0.493 e. The summed E-state index contributed by atoms with van der Waals surface area (Å²) in [5.74, 6) is 1.59. The van der Waals surface area contributed by atoms with Crippen molar-refractivity contribution in [3.63, 3.8) is 0 Å². The number of aliphatic hydroxyl groups is 1. The van der Waals surface area contributed by atoms with Crippen LogP contribution in [0.15, 0.2) is 18.2 Å². The van der Waals surface area contributed by atoms with Gasteiger partial charge < -0.3 is 19.5 Å². The van der Waals surface area contributed by atoms with Crippen LogP contribution in [0.3, 0.4) is 0 Å². The summed E-state index contributed by atoms with van der Waals surface area (Å²) < 4.78 is 11.4. The van der Waals surface area contributed by atoms with Crippen LogP contribution in [0.1, 0.15) is 44.1 Å². The maximum absolute atomic E-state index is 10.4. The highest BCUT2D eigenvalue weighted by atomic mass is 16.5. The van der Waals surface area contributed by atoms with E-state index in [2.05, 4.69) is 21.9 Å². The van der Waals surface area contributed by atoms with Gasteiger partial charge in [0.25, 0.3) is 0 Å². The van der Waals surface area contributed by atoms with Gasteiger partial charge in [-0.1, -0.05) is 18.9 Å². The molecule has 1 atom stereocenters. The zero-order chi connectivity index (χ0) is 20.5. The Morgan fingerprint density at radius 3 is 2.45 bits per heavy atom. The van der Waals surface area contributed by atoms with Crippen LogP contribution >= 0.6 is 0 Å². The van der Waals surface area contributed by atoms with Gasteiger partial charge in [0.05, 0.1) is 13.2 Å². The van der Waals surface area contributed by atoms with Gasteiger partial charge in [0.15, 0.2) is 11.5 Å². The second-order valence-corrected chi connectivity index (χ2v) is 8.34. The van der Waals surface area contributed by atoms with Gasteiger partial charge in [-0.3, -0.25) is 4.90 Å². The molecule has 0 bridgehead atoms. The van der Waals surface area contributed by atoms with Crippen molar-refractivity contribution < 1.29 is 14.6 Å². The second kappa shape index (κ2) is 11.4. The maximum Gasteiger partial charge on any atom is 0.161 e. The molecule has 0 spiro atoms. The summed E-state index contributed by atoms with van der Waals surface area (Å²) in [4.78, 5) is 4.73. The number of piperidine rings is 1. The zero-order valence-electron chi connectivity index (χ0n) is 17.7. The van der Waals surface area contributed by atoms with Crippen molar-refractivity contribution in [3.8, 4) is 17.6 Å². The molecule has 6 heteroatoms. The molecule has 160 valence electrons. The fourth-order valence-electron chi connectivity index (χ4n) is 4.26. The third-order valence-corrected chi connectivity index (χ3v) is 6.00. The summed E-state index contributed by atoms with van der Waals surface area (Å²) in [6.45, 7) is 5.85. The van der Waals surface area contributed by atoms with Crippen LogP contribution in [0.5, 0.6) is 11.5 Å². The van der Waals surface area contributed by atoms with E-state index in [4.69, 9.17) is 14.7 Å². The van der Waals surface area contributed by atoms with E-state index in [1.165, 1.54) is 31.2 Å². The zero-order valence-corrected chi connectivity index (χ0v) is 17.7. The average molecular weight is 402 g/mol. The molecule has 0 saturated carbocycles. The van der Waals surface area contributed by atoms with Crippen LogP contribution in [0.4, 0.5) is 0 Å². The highest BCUT2D eigenvalue weighted by molar-refractivity contribution is 5.43. The molecule has 1 aromatic carbocycles. The van der Waals surface area contributed by atoms with E-state index >= 15 is 0 Å². The Morgan fingerprint density at radius 2 is 1.79 bits per heavy atom. The monoisotopic (exact) mass is 401 g/mol. The fourth-order valence-corrected chi connectivity index (χ4v) is 4.26. The number of methoxy groups -OCH3 is 1. The fraction of sp³-hybridized carbons (Fsp3) is 0.696. The highest BCUT2D eigenvalue weighted by Gasteiger charge is 2.19. The maximum atomic E-state index is 10.4. The smallest absolute Gasteiger partial charge is 0.161 e. The molecular formula is C23H35N3O3. The Bertz CT molecular complexity index is 660. The number of nitrogens with zero attached hydrogens (tertiary/aromatic N) is 3. The Hall–Kier alpha value is -1.81. The number of nitriles is 1. The van der Waals surface area contributed by atoms with Gasteiger partial charge in [-0.05, 0) is 69.6 Å². The van der Waals surface area contributed by atoms with Gasteiger partial charge in [0.2, 0.25) is 0 Å². The van der Waals surface area contributed by atoms with E-state index < -0.39 is 6.10 Å². The topological polar surface area (TPSA) is 69.0 Å². The van der Waals surface area contributed by atoms with E-state index in [0.717, 1.165) is 45.6 Å². The van der Waals surface area contributed by atoms with Crippen LogP contribution < -0.4 is 9.47 Å². The molecule has 2 saturated heterocycles. The van der Waals surface area contributed by atoms with Gasteiger partial charge >= 0.3 is 0 Å². The van der Waals surface area contributed by atoms with Gasteiger partial charge in [-0.15, -0.1) is 0 Å². The molecule has 0 radical (unpaired) electrons. The molecule has 2 aliphatic heterocycles. The summed E-state index contributed by atoms with van der Waals surface area (Å²) in [5, 5.41) is 19.4. The number of hydrogen-bond acceptors (Lipinski definition) is 6. The second-order valence-electron chi connectivity index (χ2n) is 8.34. The molecule has 6 nitrogen and oxygen atoms in total. The first-order valence-electron chi connectivity index (χ1n) is 11.0. The van der Waals surface area contributed by atoms with Gasteiger partial charge in [0.1, 0.15) is 12.7 Å². The molecule has 2 fully saturated rings. The quantitative estimate of drug-likeness (QED) is 0.722. The van der Waals surface area contributed by atoms with E-state index in [1.807, 2.05) is 12.1 Å². The Labute approximate surface area is 175 Å². The molecule has 1 aromatic rings. The predicted octanol–water partition coefficient (Wildman–Crippen LogP) is 3.05. The van der Waals surface area contributed by atoms with Crippen LogP contribution in [0.25, 0.3) is 0 Å². The SMILES string of the molecule is COc1cc(CN2CCC(C#N)CC2)ccc1OC[C@@H](O)CN1CCCCCC1. The van der Waals surface area contributed by atoms with Crippen molar-refractivity contribution in [1.29, 1.82) is 5.26 Å². The first kappa shape index (κ1) is 21.9. The highest BCUT2D eigenvalue weighted by Crippen LogP contribution is 2.29. The van der Waals surface area contributed by atoms with Crippen molar-refractivity contribution in [2.45, 2.75) is 51.2 Å². The van der Waals surface area contributed by atoms with Crippen molar-refractivity contribution in [1.82, 2.24) is 9.80 Å². The minimum absolute atomic E-state index is 0.206. The third kappa shape index (κ3) is 6.88. The standard InChI is InChI=1S/C23H35N3O3/c1-28-23-14-20(16-26-12-8-19(15-24)9-13-26)6-7-22(23)29-18-21(27)17-25-10-4-2-3-5-11-25/h6-7,14,19,21,27H,2-5,8-13,16-18H2,1H3/t21-/m0/s1.